The molecule has 0 aliphatic carbocycles. The molecule has 1 heterocycles. The highest BCUT2D eigenvalue weighted by atomic mass is 16.3. The van der Waals surface area contributed by atoms with Gasteiger partial charge in [0.2, 0.25) is 5.91 Å². The summed E-state index contributed by atoms with van der Waals surface area (Å²) in [5.41, 5.74) is 1.28. The second kappa shape index (κ2) is 7.81. The minimum Gasteiger partial charge on any atom is -0.508 e. The molecule has 7 heteroatoms. The topological polar surface area (TPSA) is 111 Å². The molecule has 2 rings (SSSR count). The molecule has 0 spiro atoms. The summed E-state index contributed by atoms with van der Waals surface area (Å²) < 4.78 is 0. The number of phenolic OH excluding ortho intramolecular Hbond substituents is 1. The van der Waals surface area contributed by atoms with Gasteiger partial charge >= 0.3 is 6.03 Å². The highest BCUT2D eigenvalue weighted by Crippen LogP contribution is 2.10. The molecule has 5 N–H and O–H groups in total. The monoisotopic (exact) mass is 315 g/mol. The summed E-state index contributed by atoms with van der Waals surface area (Å²) in [7, 11) is 0. The van der Waals surface area contributed by atoms with Crippen LogP contribution in [0.4, 0.5) is 4.79 Å². The van der Waals surface area contributed by atoms with Gasteiger partial charge in [-0.05, 0) is 23.8 Å². The number of carbonyl (C=O) groups is 2. The third-order valence-corrected chi connectivity index (χ3v) is 2.98. The quantitative estimate of drug-likeness (QED) is 0.512. The molecule has 1 aliphatic rings. The van der Waals surface area contributed by atoms with E-state index in [2.05, 4.69) is 16.0 Å². The van der Waals surface area contributed by atoms with Gasteiger partial charge in [-0.25, -0.2) is 4.79 Å². The first-order chi connectivity index (χ1) is 11.0. The van der Waals surface area contributed by atoms with Gasteiger partial charge < -0.3 is 26.2 Å². The molecule has 0 fully saturated rings. The number of aliphatic hydroxyl groups is 1. The van der Waals surface area contributed by atoms with Gasteiger partial charge in [0.25, 0.3) is 0 Å². The first-order valence-electron chi connectivity index (χ1n) is 6.91. The Morgan fingerprint density at radius 3 is 2.70 bits per heavy atom. The number of nitrogens with one attached hydrogen (secondary N) is 3. The molecule has 3 amide bonds. The fourth-order valence-electron chi connectivity index (χ4n) is 1.79. The van der Waals surface area contributed by atoms with Crippen LogP contribution in [0, 0.1) is 0 Å². The van der Waals surface area contributed by atoms with Gasteiger partial charge in [-0.15, -0.1) is 0 Å². The Morgan fingerprint density at radius 2 is 2.00 bits per heavy atom. The van der Waals surface area contributed by atoms with Crippen LogP contribution in [-0.4, -0.2) is 34.9 Å². The van der Waals surface area contributed by atoms with Crippen molar-refractivity contribution < 1.29 is 19.8 Å². The van der Waals surface area contributed by atoms with Gasteiger partial charge in [-0.3, -0.25) is 4.79 Å². The number of aromatic hydroxyl groups is 1. The van der Waals surface area contributed by atoms with Gasteiger partial charge in [0.05, 0.1) is 0 Å². The lowest BCUT2D eigenvalue weighted by Crippen LogP contribution is -2.45. The number of amides is 3. The maximum atomic E-state index is 11.6. The molecule has 23 heavy (non-hydrogen) atoms. The zero-order valence-electron chi connectivity index (χ0n) is 12.2. The van der Waals surface area contributed by atoms with E-state index in [0.29, 0.717) is 5.57 Å². The molecule has 7 nitrogen and oxygen atoms in total. The largest absolute Gasteiger partial charge is 0.508 e. The first-order valence-corrected chi connectivity index (χ1v) is 6.91. The third kappa shape index (κ3) is 5.33. The molecule has 1 aromatic carbocycles. The lowest BCUT2D eigenvalue weighted by Gasteiger charge is -2.18. The predicted molar refractivity (Wildman–Crippen MR) is 85.0 cm³/mol. The molecule has 1 atom stereocenters. The molecular formula is C16H17N3O4. The summed E-state index contributed by atoms with van der Waals surface area (Å²) in [6.07, 6.45) is 6.60. The second-order valence-corrected chi connectivity index (χ2v) is 4.74. The number of rotatable bonds is 5. The van der Waals surface area contributed by atoms with E-state index >= 15 is 0 Å². The van der Waals surface area contributed by atoms with Crippen LogP contribution in [-0.2, 0) is 4.79 Å². The van der Waals surface area contributed by atoms with Crippen LogP contribution in [0.25, 0.3) is 6.08 Å². The van der Waals surface area contributed by atoms with Crippen LogP contribution in [0.1, 0.15) is 5.56 Å². The van der Waals surface area contributed by atoms with Crippen molar-refractivity contribution in [2.45, 2.75) is 6.23 Å². The van der Waals surface area contributed by atoms with Crippen LogP contribution in [0.2, 0.25) is 0 Å². The summed E-state index contributed by atoms with van der Waals surface area (Å²) in [6, 6.07) is 5.99. The Kier molecular flexibility index (Phi) is 5.54. The Morgan fingerprint density at radius 1 is 1.26 bits per heavy atom. The van der Waals surface area contributed by atoms with E-state index in [9.17, 15) is 14.7 Å². The summed E-state index contributed by atoms with van der Waals surface area (Å²) in [5.74, 6) is -0.103. The average molecular weight is 315 g/mol. The second-order valence-electron chi connectivity index (χ2n) is 4.74. The van der Waals surface area contributed by atoms with Crippen LogP contribution in [0.5, 0.6) is 5.75 Å². The van der Waals surface area contributed by atoms with Gasteiger partial charge in [0, 0.05) is 24.4 Å². The Labute approximate surface area is 133 Å². The van der Waals surface area contributed by atoms with Crippen molar-refractivity contribution in [1.82, 2.24) is 16.0 Å². The van der Waals surface area contributed by atoms with E-state index in [0.717, 1.165) is 5.56 Å². The Balaban J connectivity index is 1.77. The van der Waals surface area contributed by atoms with E-state index in [4.69, 9.17) is 5.11 Å². The normalized spacial score (nSPS) is 17.7. The molecule has 0 radical (unpaired) electrons. The van der Waals surface area contributed by atoms with E-state index in [-0.39, 0.29) is 18.2 Å². The van der Waals surface area contributed by atoms with Crippen molar-refractivity contribution in [3.63, 3.8) is 0 Å². The molecule has 0 saturated carbocycles. The molecule has 0 saturated heterocycles. The minimum absolute atomic E-state index is 0.168. The van der Waals surface area contributed by atoms with Crippen molar-refractivity contribution in [2.75, 3.05) is 6.54 Å². The first kappa shape index (κ1) is 16.3. The minimum atomic E-state index is -1.06. The maximum absolute atomic E-state index is 11.6. The van der Waals surface area contributed by atoms with Crippen LogP contribution in [0.3, 0.4) is 0 Å². The van der Waals surface area contributed by atoms with Gasteiger partial charge in [0.15, 0.2) is 6.23 Å². The average Bonchev–Trinajstić information content (AvgIpc) is 2.52. The van der Waals surface area contributed by atoms with E-state index in [1.165, 1.54) is 24.4 Å². The molecular weight excluding hydrogens is 298 g/mol. The predicted octanol–water partition coefficient (Wildman–Crippen LogP) is 0.593. The zero-order valence-corrected chi connectivity index (χ0v) is 12.2. The van der Waals surface area contributed by atoms with Crippen LogP contribution in [0.15, 0.2) is 54.3 Å². The summed E-state index contributed by atoms with van der Waals surface area (Å²) in [6.45, 7) is 0.275. The number of phenols is 1. The smallest absolute Gasteiger partial charge is 0.321 e. The van der Waals surface area contributed by atoms with Gasteiger partial charge in [-0.1, -0.05) is 24.3 Å². The SMILES string of the molecule is O=C(/C=C/c1ccc(O)cc1)NC/C=C/C1=CNC(=O)NC1O. The van der Waals surface area contributed by atoms with Crippen molar-refractivity contribution in [1.29, 1.82) is 0 Å². The van der Waals surface area contributed by atoms with E-state index in [1.807, 2.05) is 0 Å². The number of hydrogen-bond donors (Lipinski definition) is 5. The van der Waals surface area contributed by atoms with Crippen LogP contribution >= 0.6 is 0 Å². The van der Waals surface area contributed by atoms with Crippen LogP contribution < -0.4 is 16.0 Å². The fraction of sp³-hybridized carbons (Fsp3) is 0.125. The molecule has 0 aromatic heterocycles. The number of carbonyl (C=O) groups excluding carboxylic acids is 2. The summed E-state index contributed by atoms with van der Waals surface area (Å²) in [5, 5.41) is 26.1. The lowest BCUT2D eigenvalue weighted by molar-refractivity contribution is -0.116. The molecule has 1 aliphatic heterocycles. The molecule has 1 aromatic rings. The van der Waals surface area contributed by atoms with Crippen molar-refractivity contribution in [3.05, 3.63) is 59.8 Å². The van der Waals surface area contributed by atoms with E-state index < -0.39 is 12.3 Å². The number of hydrogen-bond acceptors (Lipinski definition) is 4. The Bertz CT molecular complexity index is 662. The summed E-state index contributed by atoms with van der Waals surface area (Å²) >= 11 is 0. The third-order valence-electron chi connectivity index (χ3n) is 2.98. The number of aliphatic hydroxyl groups excluding tert-OH is 1. The van der Waals surface area contributed by atoms with E-state index in [1.54, 1.807) is 30.4 Å². The highest BCUT2D eigenvalue weighted by molar-refractivity contribution is 5.91. The highest BCUT2D eigenvalue weighted by Gasteiger charge is 2.15. The fourth-order valence-corrected chi connectivity index (χ4v) is 1.79. The zero-order chi connectivity index (χ0) is 16.7. The van der Waals surface area contributed by atoms with Crippen molar-refractivity contribution in [2.24, 2.45) is 0 Å². The number of urea groups is 1. The Hall–Kier alpha value is -3.06. The lowest BCUT2D eigenvalue weighted by atomic mass is 10.2. The summed E-state index contributed by atoms with van der Waals surface area (Å²) in [4.78, 5) is 22.5. The molecule has 120 valence electrons. The van der Waals surface area contributed by atoms with Gasteiger partial charge in [-0.2, -0.15) is 0 Å². The maximum Gasteiger partial charge on any atom is 0.321 e. The van der Waals surface area contributed by atoms with Gasteiger partial charge in [0.1, 0.15) is 5.75 Å². The number of benzene rings is 1. The van der Waals surface area contributed by atoms with Crippen molar-refractivity contribution in [3.8, 4) is 5.75 Å². The van der Waals surface area contributed by atoms with Crippen molar-refractivity contribution >= 4 is 18.0 Å². The molecule has 1 unspecified atom stereocenters. The standard InChI is InChI=1S/C16H17N3O4/c20-13-6-3-11(4-7-13)5-8-14(21)17-9-1-2-12-10-18-16(23)19-15(12)22/h1-8,10,15,20,22H,9H2,(H,17,21)(H2,18,19,23)/b2-1+,8-5+. The molecule has 0 bridgehead atoms.